The Labute approximate surface area is 119 Å². The van der Waals surface area contributed by atoms with Gasteiger partial charge < -0.3 is 4.74 Å². The van der Waals surface area contributed by atoms with Crippen molar-refractivity contribution >= 4 is 17.9 Å². The molecule has 1 fully saturated rings. The average molecular weight is 269 g/mol. The van der Waals surface area contributed by atoms with E-state index in [1.54, 1.807) is 0 Å². The highest BCUT2D eigenvalue weighted by atomic mass is 16.6. The number of aryl methyl sites for hydroxylation is 1. The summed E-state index contributed by atoms with van der Waals surface area (Å²) in [4.78, 5) is 16.3. The maximum Gasteiger partial charge on any atom is 0.363 e. The number of benzene rings is 1. The van der Waals surface area contributed by atoms with Gasteiger partial charge in [0.1, 0.15) is 0 Å². The molecule has 0 aromatic heterocycles. The second kappa shape index (κ2) is 5.61. The predicted molar refractivity (Wildman–Crippen MR) is 79.3 cm³/mol. The maximum atomic E-state index is 11.9. The molecule has 1 aromatic rings. The lowest BCUT2D eigenvalue weighted by Gasteiger charge is -2.05. The Morgan fingerprint density at radius 3 is 2.60 bits per heavy atom. The van der Waals surface area contributed by atoms with Gasteiger partial charge in [-0.05, 0) is 36.5 Å². The van der Waals surface area contributed by atoms with E-state index in [0.717, 1.165) is 24.8 Å². The minimum absolute atomic E-state index is 0.313. The number of carbonyl (C=O) groups is 1. The van der Waals surface area contributed by atoms with Crippen molar-refractivity contribution in [3.8, 4) is 0 Å². The molecule has 1 heterocycles. The van der Waals surface area contributed by atoms with Crippen molar-refractivity contribution in [2.75, 3.05) is 0 Å². The van der Waals surface area contributed by atoms with Crippen LogP contribution in [0.1, 0.15) is 43.7 Å². The highest BCUT2D eigenvalue weighted by Crippen LogP contribution is 2.30. The Morgan fingerprint density at radius 1 is 1.25 bits per heavy atom. The maximum absolute atomic E-state index is 11.9. The largest absolute Gasteiger partial charge is 0.406 e. The first-order valence-electron chi connectivity index (χ1n) is 7.37. The van der Waals surface area contributed by atoms with Gasteiger partial charge in [0.2, 0.25) is 5.90 Å². The van der Waals surface area contributed by atoms with E-state index in [9.17, 15) is 4.79 Å². The van der Waals surface area contributed by atoms with E-state index < -0.39 is 0 Å². The Kier molecular flexibility index (Phi) is 3.68. The van der Waals surface area contributed by atoms with Gasteiger partial charge in [0, 0.05) is 5.92 Å². The van der Waals surface area contributed by atoms with E-state index in [-0.39, 0.29) is 5.97 Å². The van der Waals surface area contributed by atoms with Crippen molar-refractivity contribution in [1.29, 1.82) is 0 Å². The summed E-state index contributed by atoms with van der Waals surface area (Å²) in [5, 5.41) is 0. The molecule has 3 rings (SSSR count). The highest BCUT2D eigenvalue weighted by Gasteiger charge is 2.30. The number of carbonyl (C=O) groups excluding carboxylic acids is 1. The zero-order valence-electron chi connectivity index (χ0n) is 11.8. The third-order valence-electron chi connectivity index (χ3n) is 4.03. The molecule has 0 amide bonds. The molecule has 3 heteroatoms. The van der Waals surface area contributed by atoms with Crippen LogP contribution >= 0.6 is 0 Å². The number of nitrogens with zero attached hydrogens (tertiary/aromatic N) is 1. The number of hydrogen-bond donors (Lipinski definition) is 0. The van der Waals surface area contributed by atoms with Gasteiger partial charge in [0.25, 0.3) is 0 Å². The molecule has 1 aliphatic carbocycles. The lowest BCUT2D eigenvalue weighted by atomic mass is 10.1. The average Bonchev–Trinajstić information content (AvgIpc) is 3.10. The molecule has 0 spiro atoms. The van der Waals surface area contributed by atoms with Gasteiger partial charge in [-0.3, -0.25) is 0 Å². The van der Waals surface area contributed by atoms with E-state index in [0.29, 0.717) is 17.5 Å². The van der Waals surface area contributed by atoms with Gasteiger partial charge >= 0.3 is 5.97 Å². The van der Waals surface area contributed by atoms with Crippen LogP contribution in [0.25, 0.3) is 6.08 Å². The van der Waals surface area contributed by atoms with Gasteiger partial charge in [-0.1, -0.05) is 44.0 Å². The van der Waals surface area contributed by atoms with E-state index in [2.05, 4.69) is 24.0 Å². The molecule has 0 N–H and O–H groups in total. The molecule has 1 saturated carbocycles. The van der Waals surface area contributed by atoms with Gasteiger partial charge in [-0.2, -0.15) is 0 Å². The van der Waals surface area contributed by atoms with Crippen LogP contribution in [0.5, 0.6) is 0 Å². The second-order valence-corrected chi connectivity index (χ2v) is 5.45. The van der Waals surface area contributed by atoms with Crippen molar-refractivity contribution in [2.24, 2.45) is 10.9 Å². The summed E-state index contributed by atoms with van der Waals surface area (Å²) in [5.41, 5.74) is 2.71. The Morgan fingerprint density at radius 2 is 1.95 bits per heavy atom. The number of ether oxygens (including phenoxy) is 1. The number of esters is 1. The monoisotopic (exact) mass is 269 g/mol. The van der Waals surface area contributed by atoms with Gasteiger partial charge in [0.15, 0.2) is 5.70 Å². The molecular formula is C17H19NO2. The Hall–Kier alpha value is -1.90. The van der Waals surface area contributed by atoms with Crippen LogP contribution in [-0.2, 0) is 16.0 Å². The SMILES string of the molecule is CCc1ccc(/C=C2/N=C(C3CCCC3)OC2=O)cc1. The second-order valence-electron chi connectivity index (χ2n) is 5.45. The lowest BCUT2D eigenvalue weighted by Crippen LogP contribution is -2.12. The molecule has 1 aliphatic heterocycles. The molecule has 0 unspecified atom stereocenters. The van der Waals surface area contributed by atoms with Crippen molar-refractivity contribution in [1.82, 2.24) is 0 Å². The van der Waals surface area contributed by atoms with Crippen molar-refractivity contribution in [3.05, 3.63) is 41.1 Å². The van der Waals surface area contributed by atoms with E-state index in [1.165, 1.54) is 18.4 Å². The standard InChI is InChI=1S/C17H19NO2/c1-2-12-7-9-13(10-8-12)11-15-17(19)20-16(18-15)14-5-3-4-6-14/h7-11,14H,2-6H2,1H3/b15-11+. The van der Waals surface area contributed by atoms with Crippen LogP contribution in [0.3, 0.4) is 0 Å². The first-order valence-corrected chi connectivity index (χ1v) is 7.37. The predicted octanol–water partition coefficient (Wildman–Crippen LogP) is 3.74. The van der Waals surface area contributed by atoms with Crippen molar-refractivity contribution in [3.63, 3.8) is 0 Å². The molecular weight excluding hydrogens is 250 g/mol. The highest BCUT2D eigenvalue weighted by molar-refractivity contribution is 6.07. The van der Waals surface area contributed by atoms with Crippen molar-refractivity contribution in [2.45, 2.75) is 39.0 Å². The number of cyclic esters (lactones) is 1. The van der Waals surface area contributed by atoms with Gasteiger partial charge in [-0.25, -0.2) is 9.79 Å². The Balaban J connectivity index is 1.80. The molecule has 20 heavy (non-hydrogen) atoms. The van der Waals surface area contributed by atoms with E-state index in [1.807, 2.05) is 18.2 Å². The summed E-state index contributed by atoms with van der Waals surface area (Å²) >= 11 is 0. The zero-order chi connectivity index (χ0) is 13.9. The first-order chi connectivity index (χ1) is 9.76. The number of hydrogen-bond acceptors (Lipinski definition) is 3. The summed E-state index contributed by atoms with van der Waals surface area (Å²) in [6, 6.07) is 8.19. The van der Waals surface area contributed by atoms with E-state index in [4.69, 9.17) is 4.74 Å². The topological polar surface area (TPSA) is 38.7 Å². The zero-order valence-corrected chi connectivity index (χ0v) is 11.8. The van der Waals surface area contributed by atoms with Crippen LogP contribution in [0.15, 0.2) is 35.0 Å². The molecule has 3 nitrogen and oxygen atoms in total. The summed E-state index contributed by atoms with van der Waals surface area (Å²) in [6.07, 6.45) is 7.42. The molecule has 0 atom stereocenters. The molecule has 104 valence electrons. The third-order valence-corrected chi connectivity index (χ3v) is 4.03. The minimum Gasteiger partial charge on any atom is -0.406 e. The molecule has 0 saturated heterocycles. The van der Waals surface area contributed by atoms with E-state index >= 15 is 0 Å². The van der Waals surface area contributed by atoms with Gasteiger partial charge in [0.05, 0.1) is 0 Å². The number of rotatable bonds is 3. The van der Waals surface area contributed by atoms with Crippen LogP contribution in [0, 0.1) is 5.92 Å². The van der Waals surface area contributed by atoms with Gasteiger partial charge in [-0.15, -0.1) is 0 Å². The normalized spacial score (nSPS) is 21.4. The smallest absolute Gasteiger partial charge is 0.363 e. The minimum atomic E-state index is -0.313. The molecule has 0 bridgehead atoms. The summed E-state index contributed by atoms with van der Waals surface area (Å²) in [6.45, 7) is 2.12. The molecule has 1 aromatic carbocycles. The summed E-state index contributed by atoms with van der Waals surface area (Å²) in [5.74, 6) is 0.655. The molecule has 0 radical (unpaired) electrons. The fourth-order valence-corrected chi connectivity index (χ4v) is 2.78. The quantitative estimate of drug-likeness (QED) is 0.619. The fourth-order valence-electron chi connectivity index (χ4n) is 2.78. The van der Waals surface area contributed by atoms with Crippen LogP contribution in [-0.4, -0.2) is 11.9 Å². The molecule has 2 aliphatic rings. The van der Waals surface area contributed by atoms with Crippen molar-refractivity contribution < 1.29 is 9.53 Å². The summed E-state index contributed by atoms with van der Waals surface area (Å²) in [7, 11) is 0. The van der Waals surface area contributed by atoms with Crippen LogP contribution in [0.2, 0.25) is 0 Å². The lowest BCUT2D eigenvalue weighted by molar-refractivity contribution is -0.130. The third kappa shape index (κ3) is 2.67. The van der Waals surface area contributed by atoms with Crippen LogP contribution < -0.4 is 0 Å². The van der Waals surface area contributed by atoms with Crippen LogP contribution in [0.4, 0.5) is 0 Å². The summed E-state index contributed by atoms with van der Waals surface area (Å²) < 4.78 is 5.32. The fraction of sp³-hybridized carbons (Fsp3) is 0.412. The first kappa shape index (κ1) is 13.1. The number of aliphatic imine (C=N–C) groups is 1. The Bertz CT molecular complexity index is 563.